The van der Waals surface area contributed by atoms with Crippen molar-refractivity contribution in [2.24, 2.45) is 0 Å². The molecule has 3 aromatic rings. The number of likely N-dealkylation sites (tertiary alicyclic amines) is 1. The number of carbonyl (C=O) groups excluding carboxylic acids is 2. The van der Waals surface area contributed by atoms with E-state index in [2.05, 4.69) is 4.98 Å². The first kappa shape index (κ1) is 22.8. The van der Waals surface area contributed by atoms with Gasteiger partial charge in [-0.3, -0.25) is 9.59 Å². The number of anilines is 1. The van der Waals surface area contributed by atoms with Crippen LogP contribution in [0.5, 0.6) is 0 Å². The van der Waals surface area contributed by atoms with E-state index in [4.69, 9.17) is 17.3 Å². The van der Waals surface area contributed by atoms with Gasteiger partial charge in [-0.05, 0) is 61.2 Å². The Kier molecular flexibility index (Phi) is 6.67. The van der Waals surface area contributed by atoms with E-state index in [1.165, 1.54) is 0 Å². The highest BCUT2D eigenvalue weighted by Gasteiger charge is 2.25. The second kappa shape index (κ2) is 9.65. The Hall–Kier alpha value is -3.35. The number of hydrogen-bond donors (Lipinski definition) is 3. The number of hydrogen-bond acceptors (Lipinski definition) is 4. The van der Waals surface area contributed by atoms with Gasteiger partial charge in [-0.25, -0.2) is 0 Å². The topological polar surface area (TPSA) is 99.4 Å². The third kappa shape index (κ3) is 4.87. The number of piperidine rings is 1. The number of rotatable bonds is 5. The Morgan fingerprint density at radius 2 is 1.91 bits per heavy atom. The van der Waals surface area contributed by atoms with Crippen molar-refractivity contribution in [3.8, 4) is 11.1 Å². The van der Waals surface area contributed by atoms with Crippen LogP contribution in [0.15, 0.2) is 48.5 Å². The Bertz CT molecular complexity index is 1220. The van der Waals surface area contributed by atoms with Crippen LogP contribution < -0.4 is 5.73 Å². The Morgan fingerprint density at radius 3 is 2.61 bits per heavy atom. The molecule has 0 spiro atoms. The molecule has 1 aliphatic heterocycles. The standard InChI is InChI=1S/C26H26ClN3O3/c1-16-12-22(26(33)30-10-8-20(32)9-11-30)24(29-16)14-18(15-31)25-21(6-3-7-23(25)28)17-4-2-5-19(27)13-17/h2-7,12-15,20,29,32H,8-11,28H2,1H3/b18-14+. The van der Waals surface area contributed by atoms with Gasteiger partial charge < -0.3 is 20.7 Å². The molecule has 33 heavy (non-hydrogen) atoms. The van der Waals surface area contributed by atoms with Gasteiger partial charge in [0.2, 0.25) is 0 Å². The molecule has 0 unspecified atom stereocenters. The monoisotopic (exact) mass is 463 g/mol. The normalized spacial score (nSPS) is 15.0. The second-order valence-electron chi connectivity index (χ2n) is 8.30. The van der Waals surface area contributed by atoms with Gasteiger partial charge >= 0.3 is 0 Å². The predicted octanol–water partition coefficient (Wildman–Crippen LogP) is 4.56. The Labute approximate surface area is 197 Å². The largest absolute Gasteiger partial charge is 0.398 e. The van der Waals surface area contributed by atoms with Crippen LogP contribution in [-0.4, -0.2) is 46.4 Å². The number of aliphatic hydroxyl groups excluding tert-OH is 1. The maximum absolute atomic E-state index is 13.2. The van der Waals surface area contributed by atoms with E-state index in [0.29, 0.717) is 59.0 Å². The number of aromatic amines is 1. The molecular formula is C26H26ClN3O3. The molecule has 1 fully saturated rings. The number of aldehydes is 1. The smallest absolute Gasteiger partial charge is 0.256 e. The van der Waals surface area contributed by atoms with E-state index in [0.717, 1.165) is 23.1 Å². The van der Waals surface area contributed by atoms with Crippen molar-refractivity contribution in [3.05, 3.63) is 76.1 Å². The van der Waals surface area contributed by atoms with Gasteiger partial charge in [0.15, 0.2) is 6.29 Å². The maximum Gasteiger partial charge on any atom is 0.256 e. The summed E-state index contributed by atoms with van der Waals surface area (Å²) in [5.74, 6) is -0.126. The number of nitrogens with zero attached hydrogens (tertiary/aromatic N) is 1. The third-order valence-electron chi connectivity index (χ3n) is 5.91. The van der Waals surface area contributed by atoms with Crippen LogP contribution in [-0.2, 0) is 4.79 Å². The number of halogens is 1. The lowest BCUT2D eigenvalue weighted by Gasteiger charge is -2.29. The lowest BCUT2D eigenvalue weighted by molar-refractivity contribution is -0.103. The molecule has 0 aliphatic carbocycles. The summed E-state index contributed by atoms with van der Waals surface area (Å²) in [5.41, 5.74) is 11.2. The molecular weight excluding hydrogens is 438 g/mol. The minimum atomic E-state index is -0.367. The molecule has 2 heterocycles. The second-order valence-corrected chi connectivity index (χ2v) is 8.74. The summed E-state index contributed by atoms with van der Waals surface area (Å²) in [7, 11) is 0. The fourth-order valence-corrected chi connectivity index (χ4v) is 4.44. The van der Waals surface area contributed by atoms with E-state index in [-0.39, 0.29) is 12.0 Å². The molecule has 1 amide bonds. The van der Waals surface area contributed by atoms with Crippen LogP contribution >= 0.6 is 11.6 Å². The van der Waals surface area contributed by atoms with E-state index in [9.17, 15) is 14.7 Å². The summed E-state index contributed by atoms with van der Waals surface area (Å²) in [6.07, 6.45) is 3.18. The van der Waals surface area contributed by atoms with Crippen molar-refractivity contribution >= 4 is 41.1 Å². The lowest BCUT2D eigenvalue weighted by atomic mass is 9.92. The van der Waals surface area contributed by atoms with E-state index in [1.807, 2.05) is 37.3 Å². The molecule has 7 heteroatoms. The zero-order chi connectivity index (χ0) is 23.5. The number of nitrogens with one attached hydrogen (secondary N) is 1. The fourth-order valence-electron chi connectivity index (χ4n) is 4.25. The summed E-state index contributed by atoms with van der Waals surface area (Å²) >= 11 is 6.19. The number of aliphatic hydroxyl groups is 1. The van der Waals surface area contributed by atoms with Gasteiger partial charge in [0, 0.05) is 40.6 Å². The molecule has 1 saturated heterocycles. The Morgan fingerprint density at radius 1 is 1.18 bits per heavy atom. The SMILES string of the molecule is Cc1cc(C(=O)N2CCC(O)CC2)c(/C=C(\C=O)c2c(N)cccc2-c2cccc(Cl)c2)[nH]1. The van der Waals surface area contributed by atoms with Crippen LogP contribution in [0.25, 0.3) is 22.8 Å². The van der Waals surface area contributed by atoms with Crippen molar-refractivity contribution in [3.63, 3.8) is 0 Å². The first-order valence-corrected chi connectivity index (χ1v) is 11.2. The van der Waals surface area contributed by atoms with Crippen LogP contribution in [0.3, 0.4) is 0 Å². The predicted molar refractivity (Wildman–Crippen MR) is 132 cm³/mol. The third-order valence-corrected chi connectivity index (χ3v) is 6.15. The molecule has 170 valence electrons. The van der Waals surface area contributed by atoms with Crippen molar-refractivity contribution in [1.29, 1.82) is 0 Å². The number of benzene rings is 2. The molecule has 0 saturated carbocycles. The number of carbonyl (C=O) groups is 2. The highest BCUT2D eigenvalue weighted by atomic mass is 35.5. The first-order chi connectivity index (χ1) is 15.9. The molecule has 0 atom stereocenters. The van der Waals surface area contributed by atoms with Gasteiger partial charge in [0.1, 0.15) is 0 Å². The van der Waals surface area contributed by atoms with Crippen molar-refractivity contribution < 1.29 is 14.7 Å². The van der Waals surface area contributed by atoms with Gasteiger partial charge in [0.25, 0.3) is 5.91 Å². The molecule has 2 aromatic carbocycles. The lowest BCUT2D eigenvalue weighted by Crippen LogP contribution is -2.40. The highest BCUT2D eigenvalue weighted by molar-refractivity contribution is 6.31. The average Bonchev–Trinajstić information content (AvgIpc) is 3.17. The molecule has 0 radical (unpaired) electrons. The minimum absolute atomic E-state index is 0.126. The number of H-pyrrole nitrogens is 1. The van der Waals surface area contributed by atoms with Crippen LogP contribution in [0.2, 0.25) is 5.02 Å². The van der Waals surface area contributed by atoms with Crippen molar-refractivity contribution in [2.75, 3.05) is 18.8 Å². The number of allylic oxidation sites excluding steroid dienone is 1. The van der Waals surface area contributed by atoms with Crippen molar-refractivity contribution in [1.82, 2.24) is 9.88 Å². The van der Waals surface area contributed by atoms with Gasteiger partial charge in [-0.15, -0.1) is 0 Å². The van der Waals surface area contributed by atoms with E-state index in [1.54, 1.807) is 29.2 Å². The van der Waals surface area contributed by atoms with Crippen LogP contribution in [0, 0.1) is 6.92 Å². The van der Waals surface area contributed by atoms with Crippen molar-refractivity contribution in [2.45, 2.75) is 25.9 Å². The molecule has 4 rings (SSSR count). The van der Waals surface area contributed by atoms with Crippen LogP contribution in [0.4, 0.5) is 5.69 Å². The number of nitrogen functional groups attached to an aromatic ring is 1. The molecule has 1 aromatic heterocycles. The molecule has 1 aliphatic rings. The average molecular weight is 464 g/mol. The van der Waals surface area contributed by atoms with Gasteiger partial charge in [-0.2, -0.15) is 0 Å². The van der Waals surface area contributed by atoms with E-state index >= 15 is 0 Å². The summed E-state index contributed by atoms with van der Waals surface area (Å²) in [4.78, 5) is 30.4. The fraction of sp³-hybridized carbons (Fsp3) is 0.231. The quantitative estimate of drug-likeness (QED) is 0.293. The number of aryl methyl sites for hydroxylation is 1. The maximum atomic E-state index is 13.2. The highest BCUT2D eigenvalue weighted by Crippen LogP contribution is 2.35. The van der Waals surface area contributed by atoms with Gasteiger partial charge in [0.05, 0.1) is 17.4 Å². The molecule has 0 bridgehead atoms. The molecule has 4 N–H and O–H groups in total. The number of aromatic nitrogens is 1. The molecule has 6 nitrogen and oxygen atoms in total. The van der Waals surface area contributed by atoms with Gasteiger partial charge in [-0.1, -0.05) is 35.9 Å². The number of nitrogens with two attached hydrogens (primary N) is 1. The summed E-state index contributed by atoms with van der Waals surface area (Å²) in [6, 6.07) is 14.6. The number of amides is 1. The summed E-state index contributed by atoms with van der Waals surface area (Å²) in [6.45, 7) is 2.86. The van der Waals surface area contributed by atoms with Crippen LogP contribution in [0.1, 0.15) is 40.2 Å². The zero-order valence-corrected chi connectivity index (χ0v) is 19.1. The zero-order valence-electron chi connectivity index (χ0n) is 18.3. The first-order valence-electron chi connectivity index (χ1n) is 10.9. The van der Waals surface area contributed by atoms with E-state index < -0.39 is 0 Å². The Balaban J connectivity index is 1.78. The summed E-state index contributed by atoms with van der Waals surface area (Å²) in [5, 5.41) is 10.3. The minimum Gasteiger partial charge on any atom is -0.398 e. The summed E-state index contributed by atoms with van der Waals surface area (Å²) < 4.78 is 0.